The Hall–Kier alpha value is -0.950. The summed E-state index contributed by atoms with van der Waals surface area (Å²) in [7, 11) is 0. The zero-order valence-corrected chi connectivity index (χ0v) is 12.6. The summed E-state index contributed by atoms with van der Waals surface area (Å²) >= 11 is 1.61. The number of hydrogen-bond donors (Lipinski definition) is 2. The van der Waals surface area contributed by atoms with Crippen LogP contribution < -0.4 is 5.32 Å². The molecule has 2 amide bonds. The number of nitrogens with one attached hydrogen (secondary N) is 1. The highest BCUT2D eigenvalue weighted by atomic mass is 32.2. The van der Waals surface area contributed by atoms with Gasteiger partial charge in [-0.1, -0.05) is 0 Å². The summed E-state index contributed by atoms with van der Waals surface area (Å²) in [6, 6.07) is -0.860. The highest BCUT2D eigenvalue weighted by molar-refractivity contribution is 8.00. The number of urea groups is 1. The lowest BCUT2D eigenvalue weighted by Crippen LogP contribution is -2.54. The average molecular weight is 312 g/mol. The van der Waals surface area contributed by atoms with Crippen LogP contribution >= 0.6 is 11.8 Å². The van der Waals surface area contributed by atoms with E-state index in [9.17, 15) is 14.7 Å². The van der Waals surface area contributed by atoms with Crippen LogP contribution in [0.3, 0.4) is 0 Å². The molecule has 3 heterocycles. The number of carbonyl (C=O) groups is 2. The Morgan fingerprint density at radius 3 is 2.62 bits per heavy atom. The third-order valence-electron chi connectivity index (χ3n) is 4.99. The van der Waals surface area contributed by atoms with Crippen LogP contribution in [0.2, 0.25) is 0 Å². The van der Waals surface area contributed by atoms with Crippen molar-refractivity contribution in [3.63, 3.8) is 0 Å². The Bertz CT molecular complexity index is 470. The second-order valence-electron chi connectivity index (χ2n) is 6.49. The SMILES string of the molecule is O=C(O)C1CSC(C2CC2)N1C(=O)NC1CC2CCC1O2. The second-order valence-corrected chi connectivity index (χ2v) is 7.64. The number of ether oxygens (including phenoxy) is 1. The fourth-order valence-corrected chi connectivity index (χ4v) is 5.37. The van der Waals surface area contributed by atoms with Gasteiger partial charge in [-0.2, -0.15) is 0 Å². The molecule has 2 N–H and O–H groups in total. The quantitative estimate of drug-likeness (QED) is 0.820. The van der Waals surface area contributed by atoms with E-state index in [2.05, 4.69) is 5.32 Å². The number of aliphatic carboxylic acids is 1. The summed E-state index contributed by atoms with van der Waals surface area (Å²) in [5.74, 6) is 0.0725. The highest BCUT2D eigenvalue weighted by Crippen LogP contribution is 2.45. The van der Waals surface area contributed by atoms with E-state index in [1.54, 1.807) is 16.7 Å². The van der Waals surface area contributed by atoms with Crippen LogP contribution in [0, 0.1) is 5.92 Å². The zero-order chi connectivity index (χ0) is 14.6. The molecule has 0 aromatic carbocycles. The average Bonchev–Trinajstić information content (AvgIpc) is 2.89. The van der Waals surface area contributed by atoms with Crippen LogP contribution in [0.15, 0.2) is 0 Å². The topological polar surface area (TPSA) is 78.9 Å². The Kier molecular flexibility index (Phi) is 3.29. The first kappa shape index (κ1) is 13.7. The van der Waals surface area contributed by atoms with Crippen LogP contribution in [0.5, 0.6) is 0 Å². The van der Waals surface area contributed by atoms with Gasteiger partial charge < -0.3 is 15.2 Å². The van der Waals surface area contributed by atoms with Gasteiger partial charge in [-0.05, 0) is 38.0 Å². The Morgan fingerprint density at radius 2 is 2.05 bits per heavy atom. The summed E-state index contributed by atoms with van der Waals surface area (Å²) in [5.41, 5.74) is 0. The number of carboxylic acid groups (broad SMARTS) is 1. The molecule has 0 radical (unpaired) electrons. The molecule has 1 aliphatic carbocycles. The first-order valence-electron chi connectivity index (χ1n) is 7.72. The summed E-state index contributed by atoms with van der Waals surface area (Å²) < 4.78 is 5.75. The van der Waals surface area contributed by atoms with E-state index >= 15 is 0 Å². The molecule has 7 heteroatoms. The summed E-state index contributed by atoms with van der Waals surface area (Å²) in [6.07, 6.45) is 5.55. The van der Waals surface area contributed by atoms with Gasteiger partial charge in [-0.25, -0.2) is 9.59 Å². The smallest absolute Gasteiger partial charge is 0.327 e. The zero-order valence-electron chi connectivity index (χ0n) is 11.7. The first-order valence-corrected chi connectivity index (χ1v) is 8.77. The maximum absolute atomic E-state index is 12.6. The monoisotopic (exact) mass is 312 g/mol. The molecule has 6 nitrogen and oxygen atoms in total. The molecule has 21 heavy (non-hydrogen) atoms. The van der Waals surface area contributed by atoms with Gasteiger partial charge in [-0.15, -0.1) is 11.8 Å². The molecule has 0 aromatic heterocycles. The summed E-state index contributed by atoms with van der Waals surface area (Å²) in [6.45, 7) is 0. The fraction of sp³-hybridized carbons (Fsp3) is 0.857. The minimum atomic E-state index is -0.898. The van der Waals surface area contributed by atoms with E-state index in [4.69, 9.17) is 4.74 Å². The van der Waals surface area contributed by atoms with Crippen molar-refractivity contribution in [3.05, 3.63) is 0 Å². The van der Waals surface area contributed by atoms with Crippen molar-refractivity contribution in [2.75, 3.05) is 5.75 Å². The minimum Gasteiger partial charge on any atom is -0.480 e. The van der Waals surface area contributed by atoms with Crippen molar-refractivity contribution in [1.82, 2.24) is 10.2 Å². The largest absolute Gasteiger partial charge is 0.480 e. The molecule has 4 fully saturated rings. The van der Waals surface area contributed by atoms with Gasteiger partial charge >= 0.3 is 12.0 Å². The third kappa shape index (κ3) is 2.40. The highest BCUT2D eigenvalue weighted by Gasteiger charge is 2.49. The normalized spacial score (nSPS) is 41.5. The van der Waals surface area contributed by atoms with E-state index in [0.29, 0.717) is 11.7 Å². The molecule has 2 bridgehead atoms. The lowest BCUT2D eigenvalue weighted by atomic mass is 9.96. The molecular formula is C14H20N2O4S. The number of rotatable bonds is 3. The van der Waals surface area contributed by atoms with Gasteiger partial charge in [0.1, 0.15) is 6.04 Å². The summed E-state index contributed by atoms with van der Waals surface area (Å²) in [5, 5.41) is 12.4. The molecule has 4 rings (SSSR count). The fourth-order valence-electron chi connectivity index (χ4n) is 3.74. The van der Waals surface area contributed by atoms with Gasteiger partial charge in [0.25, 0.3) is 0 Å². The van der Waals surface area contributed by atoms with E-state index < -0.39 is 12.0 Å². The summed E-state index contributed by atoms with van der Waals surface area (Å²) in [4.78, 5) is 25.6. The van der Waals surface area contributed by atoms with E-state index in [0.717, 1.165) is 32.1 Å². The molecule has 0 spiro atoms. The van der Waals surface area contributed by atoms with Gasteiger partial charge in [0.05, 0.1) is 23.6 Å². The molecule has 0 aromatic rings. The predicted octanol–water partition coefficient (Wildman–Crippen LogP) is 1.25. The molecule has 4 aliphatic rings. The van der Waals surface area contributed by atoms with Crippen molar-refractivity contribution >= 4 is 23.8 Å². The Balaban J connectivity index is 1.46. The van der Waals surface area contributed by atoms with Crippen LogP contribution in [-0.4, -0.2) is 57.4 Å². The standard InChI is InChI=1S/C14H20N2O4S/c17-13(18)10-6-21-12(7-1-2-7)16(10)14(19)15-9-5-8-3-4-11(9)20-8/h7-12H,1-6H2,(H,15,19)(H,17,18). The number of nitrogens with zero attached hydrogens (tertiary/aromatic N) is 1. The molecule has 3 saturated heterocycles. The molecule has 1 saturated carbocycles. The maximum Gasteiger partial charge on any atom is 0.327 e. The number of thioether (sulfide) groups is 1. The van der Waals surface area contributed by atoms with Crippen molar-refractivity contribution in [1.29, 1.82) is 0 Å². The number of hydrogen-bond acceptors (Lipinski definition) is 4. The lowest BCUT2D eigenvalue weighted by Gasteiger charge is -2.30. The molecular weight excluding hydrogens is 292 g/mol. The van der Waals surface area contributed by atoms with Gasteiger partial charge in [0.15, 0.2) is 0 Å². The molecule has 116 valence electrons. The molecule has 3 aliphatic heterocycles. The van der Waals surface area contributed by atoms with Crippen molar-refractivity contribution in [3.8, 4) is 0 Å². The second kappa shape index (κ2) is 5.05. The number of fused-ring (bicyclic) bond motifs is 2. The Labute approximate surface area is 127 Å². The van der Waals surface area contributed by atoms with Crippen LogP contribution in [0.25, 0.3) is 0 Å². The third-order valence-corrected chi connectivity index (χ3v) is 6.46. The number of carboxylic acids is 1. The first-order chi connectivity index (χ1) is 10.1. The van der Waals surface area contributed by atoms with E-state index in [-0.39, 0.29) is 29.7 Å². The predicted molar refractivity (Wildman–Crippen MR) is 77.1 cm³/mol. The molecule has 5 unspecified atom stereocenters. The van der Waals surface area contributed by atoms with Gasteiger partial charge in [-0.3, -0.25) is 4.90 Å². The number of carbonyl (C=O) groups excluding carboxylic acids is 1. The van der Waals surface area contributed by atoms with E-state index in [1.807, 2.05) is 0 Å². The number of amides is 2. The van der Waals surface area contributed by atoms with Crippen LogP contribution in [0.1, 0.15) is 32.1 Å². The van der Waals surface area contributed by atoms with Gasteiger partial charge in [0.2, 0.25) is 0 Å². The minimum absolute atomic E-state index is 0.0330. The van der Waals surface area contributed by atoms with E-state index in [1.165, 1.54) is 0 Å². The van der Waals surface area contributed by atoms with Crippen molar-refractivity contribution in [2.45, 2.75) is 61.8 Å². The van der Waals surface area contributed by atoms with Crippen molar-refractivity contribution < 1.29 is 19.4 Å². The maximum atomic E-state index is 12.6. The van der Waals surface area contributed by atoms with Gasteiger partial charge in [0, 0.05) is 5.75 Å². The van der Waals surface area contributed by atoms with Crippen molar-refractivity contribution in [2.24, 2.45) is 5.92 Å². The molecule has 5 atom stereocenters. The lowest BCUT2D eigenvalue weighted by molar-refractivity contribution is -0.141. The van der Waals surface area contributed by atoms with Crippen LogP contribution in [-0.2, 0) is 9.53 Å². The Morgan fingerprint density at radius 1 is 1.24 bits per heavy atom. The van der Waals surface area contributed by atoms with Crippen LogP contribution in [0.4, 0.5) is 4.79 Å².